The summed E-state index contributed by atoms with van der Waals surface area (Å²) >= 11 is 0. The van der Waals surface area contributed by atoms with Crippen LogP contribution in [0.4, 0.5) is 17.1 Å². The Balaban J connectivity index is 1.72. The minimum atomic E-state index is -0.276. The first-order chi connectivity index (χ1) is 16.0. The highest BCUT2D eigenvalue weighted by atomic mass is 16.5. The molecule has 0 heterocycles. The third kappa shape index (κ3) is 4.48. The van der Waals surface area contributed by atoms with Gasteiger partial charge in [-0.05, 0) is 36.1 Å². The van der Waals surface area contributed by atoms with Crippen molar-refractivity contribution in [2.75, 3.05) is 19.5 Å². The predicted molar refractivity (Wildman–Crippen MR) is 128 cm³/mol. The molecule has 166 valence electrons. The van der Waals surface area contributed by atoms with E-state index in [1.54, 1.807) is 36.4 Å². The molecule has 0 unspecified atom stereocenters. The number of aryl methyl sites for hydroxylation is 1. The lowest BCUT2D eigenvalue weighted by molar-refractivity contribution is 0.102. The van der Waals surface area contributed by atoms with Gasteiger partial charge in [-0.2, -0.15) is 0 Å². The van der Waals surface area contributed by atoms with Gasteiger partial charge < -0.3 is 19.9 Å². The van der Waals surface area contributed by atoms with Crippen LogP contribution in [0.25, 0.3) is 10.8 Å². The van der Waals surface area contributed by atoms with E-state index < -0.39 is 0 Å². The molecule has 7 heteroatoms. The van der Waals surface area contributed by atoms with Crippen LogP contribution in [0.15, 0.2) is 83.0 Å². The fraction of sp³-hybridized carbons (Fsp3) is 0.115. The molecule has 0 radical (unpaired) electrons. The summed E-state index contributed by atoms with van der Waals surface area (Å²) in [4.78, 5) is 12.6. The molecule has 1 amide bonds. The monoisotopic (exact) mass is 441 g/mol. The molecule has 4 rings (SSSR count). The van der Waals surface area contributed by atoms with E-state index in [-0.39, 0.29) is 11.7 Å². The minimum Gasteiger partial charge on any atom is -0.505 e. The fourth-order valence-electron chi connectivity index (χ4n) is 3.50. The normalized spacial score (nSPS) is 11.0. The second-order valence-corrected chi connectivity index (χ2v) is 7.36. The zero-order chi connectivity index (χ0) is 23.4. The van der Waals surface area contributed by atoms with Crippen LogP contribution in [0.5, 0.6) is 17.2 Å². The average Bonchev–Trinajstić information content (AvgIpc) is 2.85. The van der Waals surface area contributed by atoms with Crippen molar-refractivity contribution >= 4 is 33.7 Å². The zero-order valence-electron chi connectivity index (χ0n) is 18.5. The number of hydrogen-bond acceptors (Lipinski definition) is 6. The summed E-state index contributed by atoms with van der Waals surface area (Å²) in [5.74, 6) is 0.573. The summed E-state index contributed by atoms with van der Waals surface area (Å²) in [5, 5.41) is 23.8. The topological polar surface area (TPSA) is 92.5 Å². The minimum absolute atomic E-state index is 0.0649. The van der Waals surface area contributed by atoms with Crippen molar-refractivity contribution in [2.45, 2.75) is 6.92 Å². The third-order valence-corrected chi connectivity index (χ3v) is 5.23. The Bertz CT molecular complexity index is 1350. The molecule has 2 N–H and O–H groups in total. The Labute approximate surface area is 191 Å². The van der Waals surface area contributed by atoms with Gasteiger partial charge in [-0.15, -0.1) is 10.2 Å². The maximum absolute atomic E-state index is 12.6. The number of aromatic hydroxyl groups is 1. The van der Waals surface area contributed by atoms with Gasteiger partial charge in [0.25, 0.3) is 5.91 Å². The smallest absolute Gasteiger partial charge is 0.255 e. The van der Waals surface area contributed by atoms with Gasteiger partial charge in [0.2, 0.25) is 0 Å². The van der Waals surface area contributed by atoms with E-state index in [1.165, 1.54) is 14.2 Å². The highest BCUT2D eigenvalue weighted by Gasteiger charge is 2.16. The molecule has 0 aromatic heterocycles. The summed E-state index contributed by atoms with van der Waals surface area (Å²) in [6.07, 6.45) is 0. The molecule has 0 fully saturated rings. The Hall–Kier alpha value is -4.39. The van der Waals surface area contributed by atoms with E-state index >= 15 is 0 Å². The summed E-state index contributed by atoms with van der Waals surface area (Å²) in [5.41, 5.74) is 2.41. The van der Waals surface area contributed by atoms with Gasteiger partial charge in [0.15, 0.2) is 0 Å². The Kier molecular flexibility index (Phi) is 6.22. The largest absolute Gasteiger partial charge is 0.505 e. The Morgan fingerprint density at radius 2 is 1.58 bits per heavy atom. The average molecular weight is 441 g/mol. The highest BCUT2D eigenvalue weighted by Crippen LogP contribution is 2.42. The maximum atomic E-state index is 12.6. The molecule has 4 aromatic rings. The summed E-state index contributed by atoms with van der Waals surface area (Å²) in [7, 11) is 3.00. The van der Waals surface area contributed by atoms with Crippen LogP contribution in [-0.2, 0) is 0 Å². The number of rotatable bonds is 6. The lowest BCUT2D eigenvalue weighted by atomic mass is 10.0. The number of ether oxygens (including phenoxy) is 2. The number of amides is 1. The number of hydrogen-bond donors (Lipinski definition) is 2. The molecule has 33 heavy (non-hydrogen) atoms. The van der Waals surface area contributed by atoms with Crippen LogP contribution in [0.2, 0.25) is 0 Å². The van der Waals surface area contributed by atoms with E-state index in [0.29, 0.717) is 39.7 Å². The lowest BCUT2D eigenvalue weighted by Gasteiger charge is -2.14. The number of anilines is 1. The van der Waals surface area contributed by atoms with Gasteiger partial charge in [-0.3, -0.25) is 4.79 Å². The van der Waals surface area contributed by atoms with Crippen LogP contribution < -0.4 is 14.8 Å². The molecular weight excluding hydrogens is 418 g/mol. The second-order valence-electron chi connectivity index (χ2n) is 7.36. The van der Waals surface area contributed by atoms with Gasteiger partial charge in [0.05, 0.1) is 19.9 Å². The van der Waals surface area contributed by atoms with Crippen molar-refractivity contribution in [3.63, 3.8) is 0 Å². The number of azo groups is 1. The van der Waals surface area contributed by atoms with Gasteiger partial charge >= 0.3 is 0 Å². The number of carbonyl (C=O) groups is 1. The van der Waals surface area contributed by atoms with Crippen LogP contribution >= 0.6 is 0 Å². The number of phenolic OH excluding ortho intramolecular Hbond substituents is 1. The summed E-state index contributed by atoms with van der Waals surface area (Å²) in [6.45, 7) is 1.81. The first-order valence-corrected chi connectivity index (χ1v) is 10.3. The molecule has 0 atom stereocenters. The fourth-order valence-corrected chi connectivity index (χ4v) is 3.50. The first kappa shape index (κ1) is 21.8. The van der Waals surface area contributed by atoms with Gasteiger partial charge in [0.1, 0.15) is 28.6 Å². The lowest BCUT2D eigenvalue weighted by Crippen LogP contribution is -2.12. The van der Waals surface area contributed by atoms with Crippen LogP contribution in [0.1, 0.15) is 15.9 Å². The standard InChI is InChI=1S/C26H23N3O4/c1-16-13-18-11-7-8-12-19(18)24(25(16)30)29-28-21-15-22(32-2)20(14-23(21)33-3)27-26(31)17-9-5-4-6-10-17/h4-15,30H,1-3H3,(H,27,31). The summed E-state index contributed by atoms with van der Waals surface area (Å²) < 4.78 is 10.9. The molecule has 0 aliphatic carbocycles. The van der Waals surface area contributed by atoms with Gasteiger partial charge in [0, 0.05) is 23.1 Å². The molecule has 0 aliphatic heterocycles. The quantitative estimate of drug-likeness (QED) is 0.332. The maximum Gasteiger partial charge on any atom is 0.255 e. The van der Waals surface area contributed by atoms with Crippen molar-refractivity contribution < 1.29 is 19.4 Å². The van der Waals surface area contributed by atoms with Crippen molar-refractivity contribution in [1.29, 1.82) is 0 Å². The van der Waals surface area contributed by atoms with E-state index in [1.807, 2.05) is 43.3 Å². The first-order valence-electron chi connectivity index (χ1n) is 10.3. The Morgan fingerprint density at radius 3 is 2.30 bits per heavy atom. The van der Waals surface area contributed by atoms with Crippen molar-refractivity contribution in [3.8, 4) is 17.2 Å². The van der Waals surface area contributed by atoms with E-state index in [0.717, 1.165) is 10.8 Å². The number of nitrogens with one attached hydrogen (secondary N) is 1. The zero-order valence-corrected chi connectivity index (χ0v) is 18.5. The third-order valence-electron chi connectivity index (χ3n) is 5.23. The molecule has 0 spiro atoms. The number of nitrogens with zero attached hydrogens (tertiary/aromatic N) is 2. The number of phenols is 1. The number of methoxy groups -OCH3 is 2. The summed E-state index contributed by atoms with van der Waals surface area (Å²) in [6, 6.07) is 21.7. The highest BCUT2D eigenvalue weighted by molar-refractivity contribution is 6.05. The Morgan fingerprint density at radius 1 is 0.879 bits per heavy atom. The van der Waals surface area contributed by atoms with E-state index in [4.69, 9.17) is 9.47 Å². The molecule has 0 saturated carbocycles. The van der Waals surface area contributed by atoms with Gasteiger partial charge in [-0.1, -0.05) is 42.5 Å². The van der Waals surface area contributed by atoms with Gasteiger partial charge in [-0.25, -0.2) is 0 Å². The predicted octanol–water partition coefficient (Wildman–Crippen LogP) is 6.54. The molecule has 0 saturated heterocycles. The number of fused-ring (bicyclic) bond motifs is 1. The van der Waals surface area contributed by atoms with Crippen LogP contribution in [-0.4, -0.2) is 25.2 Å². The SMILES string of the molecule is COc1cc(NC(=O)c2ccccc2)c(OC)cc1N=Nc1c(O)c(C)cc2ccccc12. The molecule has 4 aromatic carbocycles. The van der Waals surface area contributed by atoms with Crippen molar-refractivity contribution in [2.24, 2.45) is 10.2 Å². The molecule has 7 nitrogen and oxygen atoms in total. The van der Waals surface area contributed by atoms with Crippen molar-refractivity contribution in [3.05, 3.63) is 83.9 Å². The van der Waals surface area contributed by atoms with E-state index in [9.17, 15) is 9.90 Å². The van der Waals surface area contributed by atoms with Crippen molar-refractivity contribution in [1.82, 2.24) is 0 Å². The van der Waals surface area contributed by atoms with Crippen LogP contribution in [0, 0.1) is 6.92 Å². The second kappa shape index (κ2) is 9.40. The number of carbonyl (C=O) groups excluding carboxylic acids is 1. The van der Waals surface area contributed by atoms with E-state index in [2.05, 4.69) is 15.5 Å². The molecule has 0 bridgehead atoms. The molecule has 0 aliphatic rings. The van der Waals surface area contributed by atoms with Crippen LogP contribution in [0.3, 0.4) is 0 Å². The number of benzene rings is 4. The molecular formula is C26H23N3O4.